The second-order valence-corrected chi connectivity index (χ2v) is 13.5. The van der Waals surface area contributed by atoms with Crippen molar-refractivity contribution in [3.63, 3.8) is 0 Å². The lowest BCUT2D eigenvalue weighted by Crippen LogP contribution is -2.55. The fourth-order valence-electron chi connectivity index (χ4n) is 5.64. The van der Waals surface area contributed by atoms with Crippen LogP contribution >= 0.6 is 0 Å². The number of rotatable bonds is 11. The zero-order valence-corrected chi connectivity index (χ0v) is 27.2. The highest BCUT2D eigenvalue weighted by Gasteiger charge is 2.41. The van der Waals surface area contributed by atoms with Crippen molar-refractivity contribution in [3.8, 4) is 5.75 Å². The van der Waals surface area contributed by atoms with E-state index in [0.29, 0.717) is 62.6 Å². The van der Waals surface area contributed by atoms with Gasteiger partial charge in [0.2, 0.25) is 0 Å². The third kappa shape index (κ3) is 9.74. The Morgan fingerprint density at radius 1 is 1.14 bits per heavy atom. The first-order valence-electron chi connectivity index (χ1n) is 15.6. The van der Waals surface area contributed by atoms with Crippen LogP contribution in [0.15, 0.2) is 18.2 Å². The number of hydrogen-bond donors (Lipinski definition) is 1. The number of halogens is 3. The predicted molar refractivity (Wildman–Crippen MR) is 163 cm³/mol. The van der Waals surface area contributed by atoms with Gasteiger partial charge in [0.15, 0.2) is 5.60 Å². The molecule has 3 rings (SSSR count). The molecule has 1 aromatic rings. The van der Waals surface area contributed by atoms with Gasteiger partial charge in [0.1, 0.15) is 11.4 Å². The van der Waals surface area contributed by atoms with Crippen LogP contribution in [0.1, 0.15) is 97.3 Å². The van der Waals surface area contributed by atoms with Gasteiger partial charge in [-0.25, -0.2) is 4.79 Å². The van der Waals surface area contributed by atoms with Gasteiger partial charge in [-0.1, -0.05) is 6.42 Å². The largest absolute Gasteiger partial charge is 0.476 e. The normalized spacial score (nSPS) is 18.6. The van der Waals surface area contributed by atoms with Crippen LogP contribution in [0.3, 0.4) is 0 Å². The topological polar surface area (TPSA) is 91.4 Å². The Morgan fingerprint density at radius 3 is 2.48 bits per heavy atom. The van der Waals surface area contributed by atoms with Crippen molar-refractivity contribution in [2.75, 3.05) is 37.6 Å². The highest BCUT2D eigenvalue weighted by molar-refractivity contribution is 6.04. The lowest BCUT2D eigenvalue weighted by Gasteiger charge is -2.42. The van der Waals surface area contributed by atoms with Crippen molar-refractivity contribution in [1.29, 1.82) is 0 Å². The van der Waals surface area contributed by atoms with Crippen molar-refractivity contribution in [1.82, 2.24) is 15.1 Å². The molecule has 0 aromatic heterocycles. The molecule has 1 N–H and O–H groups in total. The van der Waals surface area contributed by atoms with Crippen LogP contribution in [0.4, 0.5) is 23.7 Å². The van der Waals surface area contributed by atoms with Crippen LogP contribution in [0.5, 0.6) is 5.75 Å². The Balaban J connectivity index is 1.72. The molecule has 44 heavy (non-hydrogen) atoms. The van der Waals surface area contributed by atoms with Gasteiger partial charge in [0.05, 0.1) is 11.7 Å². The number of ether oxygens (including phenoxy) is 2. The Bertz CT molecular complexity index is 1170. The summed E-state index contributed by atoms with van der Waals surface area (Å²) in [5, 5.41) is 3.22. The van der Waals surface area contributed by atoms with Gasteiger partial charge in [0.25, 0.3) is 11.8 Å². The van der Waals surface area contributed by atoms with E-state index in [4.69, 9.17) is 9.47 Å². The summed E-state index contributed by atoms with van der Waals surface area (Å²) >= 11 is 0. The molecule has 3 amide bonds. The number of piperidine rings is 1. The smallest absolute Gasteiger partial charge is 0.410 e. The zero-order valence-electron chi connectivity index (χ0n) is 27.2. The highest BCUT2D eigenvalue weighted by Crippen LogP contribution is 2.39. The third-order valence-electron chi connectivity index (χ3n) is 7.68. The quantitative estimate of drug-likeness (QED) is 0.296. The summed E-state index contributed by atoms with van der Waals surface area (Å²) in [5.74, 6) is 0.0405. The molecule has 0 saturated carbocycles. The Morgan fingerprint density at radius 2 is 1.84 bits per heavy atom. The van der Waals surface area contributed by atoms with Crippen LogP contribution in [0.2, 0.25) is 0 Å². The number of hydrogen-bond acceptors (Lipinski definition) is 6. The molecule has 1 fully saturated rings. The van der Waals surface area contributed by atoms with E-state index in [9.17, 15) is 27.6 Å². The van der Waals surface area contributed by atoms with Crippen LogP contribution in [0.25, 0.3) is 0 Å². The zero-order chi connectivity index (χ0) is 32.9. The molecule has 0 unspecified atom stereocenters. The number of amides is 3. The lowest BCUT2D eigenvalue weighted by atomic mass is 9.99. The molecule has 248 valence electrons. The van der Waals surface area contributed by atoms with E-state index < -0.39 is 29.9 Å². The standard InChI is InChI=1S/C32H49F3N4O5/c1-22(2)39(24-12-11-18-37(21-24)29(42)44-30(3,4)5)27(40)23-13-14-26-25(20-23)38(28(41)31(6,7)43-26)19-17-36-16-10-8-9-15-32(33,34)35/h13-14,20,22,24,36H,8-12,15-19,21H2,1-7H3/t24-/m1/s1. The molecule has 2 aliphatic rings. The summed E-state index contributed by atoms with van der Waals surface area (Å²) in [6, 6.07) is 4.76. The number of unbranched alkanes of at least 4 members (excludes halogenated alkanes) is 2. The molecular weight excluding hydrogens is 577 g/mol. The van der Waals surface area contributed by atoms with Gasteiger partial charge >= 0.3 is 12.3 Å². The molecule has 1 saturated heterocycles. The molecule has 0 aliphatic carbocycles. The molecule has 0 radical (unpaired) electrons. The number of benzene rings is 1. The maximum absolute atomic E-state index is 14.0. The summed E-state index contributed by atoms with van der Waals surface area (Å²) < 4.78 is 48.7. The molecule has 0 spiro atoms. The van der Waals surface area contributed by atoms with E-state index in [1.807, 2.05) is 34.6 Å². The monoisotopic (exact) mass is 626 g/mol. The fraction of sp³-hybridized carbons (Fsp3) is 0.719. The second-order valence-electron chi connectivity index (χ2n) is 13.5. The van der Waals surface area contributed by atoms with Crippen LogP contribution in [0, 0.1) is 0 Å². The molecular formula is C32H49F3N4O5. The van der Waals surface area contributed by atoms with Gasteiger partial charge in [0, 0.05) is 44.2 Å². The average molecular weight is 627 g/mol. The third-order valence-corrected chi connectivity index (χ3v) is 7.68. The number of fused-ring (bicyclic) bond motifs is 1. The summed E-state index contributed by atoms with van der Waals surface area (Å²) in [7, 11) is 0. The minimum Gasteiger partial charge on any atom is -0.476 e. The van der Waals surface area contributed by atoms with Crippen LogP contribution < -0.4 is 15.0 Å². The number of alkyl halides is 3. The van der Waals surface area contributed by atoms with Crippen molar-refractivity contribution in [2.24, 2.45) is 0 Å². The molecule has 0 bridgehead atoms. The van der Waals surface area contributed by atoms with E-state index in [1.165, 1.54) is 0 Å². The number of anilines is 1. The Labute approximate surface area is 259 Å². The van der Waals surface area contributed by atoms with E-state index in [1.54, 1.807) is 46.7 Å². The molecule has 1 aromatic carbocycles. The Hall–Kier alpha value is -3.02. The van der Waals surface area contributed by atoms with Gasteiger partial charge < -0.3 is 29.5 Å². The van der Waals surface area contributed by atoms with E-state index in [-0.39, 0.29) is 30.3 Å². The van der Waals surface area contributed by atoms with Crippen molar-refractivity contribution in [2.45, 2.75) is 116 Å². The van der Waals surface area contributed by atoms with Crippen LogP contribution in [-0.2, 0) is 9.53 Å². The highest BCUT2D eigenvalue weighted by atomic mass is 19.4. The minimum atomic E-state index is -4.13. The van der Waals surface area contributed by atoms with Crippen LogP contribution in [-0.4, -0.2) is 89.9 Å². The Kier molecular flexibility index (Phi) is 11.6. The molecule has 2 aliphatic heterocycles. The number of nitrogens with one attached hydrogen (secondary N) is 1. The number of carbonyl (C=O) groups is 3. The van der Waals surface area contributed by atoms with E-state index in [2.05, 4.69) is 5.32 Å². The SMILES string of the molecule is CC(C)N(C(=O)c1ccc2c(c1)N(CCNCCCCCC(F)(F)F)C(=O)C(C)(C)O2)[C@@H]1CCCN(C(=O)OC(C)(C)C)C1. The summed E-state index contributed by atoms with van der Waals surface area (Å²) in [6.45, 7) is 15.0. The lowest BCUT2D eigenvalue weighted by molar-refractivity contribution is -0.135. The first-order chi connectivity index (χ1) is 20.4. The summed E-state index contributed by atoms with van der Waals surface area (Å²) in [5.41, 5.74) is -0.819. The summed E-state index contributed by atoms with van der Waals surface area (Å²) in [4.78, 5) is 45.3. The second kappa shape index (κ2) is 14.4. The van der Waals surface area contributed by atoms with Gasteiger partial charge in [-0.05, 0) is 98.9 Å². The predicted octanol–water partition coefficient (Wildman–Crippen LogP) is 6.15. The first-order valence-corrected chi connectivity index (χ1v) is 15.6. The number of carbonyl (C=O) groups excluding carboxylic acids is 3. The molecule has 12 heteroatoms. The van der Waals surface area contributed by atoms with Crippen molar-refractivity contribution < 1.29 is 37.0 Å². The van der Waals surface area contributed by atoms with E-state index in [0.717, 1.165) is 12.8 Å². The first kappa shape index (κ1) is 35.5. The number of nitrogens with zero attached hydrogens (tertiary/aromatic N) is 3. The minimum absolute atomic E-state index is 0.0960. The van der Waals surface area contributed by atoms with Crippen molar-refractivity contribution >= 4 is 23.6 Å². The average Bonchev–Trinajstić information content (AvgIpc) is 2.90. The fourth-order valence-corrected chi connectivity index (χ4v) is 5.64. The molecule has 2 heterocycles. The maximum Gasteiger partial charge on any atom is 0.410 e. The van der Waals surface area contributed by atoms with Gasteiger partial charge in [-0.2, -0.15) is 13.2 Å². The summed E-state index contributed by atoms with van der Waals surface area (Å²) in [6.07, 6.45) is -2.65. The molecule has 9 nitrogen and oxygen atoms in total. The van der Waals surface area contributed by atoms with E-state index >= 15 is 0 Å². The number of likely N-dealkylation sites (tertiary alicyclic amines) is 1. The van der Waals surface area contributed by atoms with Gasteiger partial charge in [-0.15, -0.1) is 0 Å². The molecule has 1 atom stereocenters. The van der Waals surface area contributed by atoms with Crippen molar-refractivity contribution in [3.05, 3.63) is 23.8 Å². The maximum atomic E-state index is 14.0. The van der Waals surface area contributed by atoms with Gasteiger partial charge in [-0.3, -0.25) is 9.59 Å².